The molecule has 0 N–H and O–H groups in total. The second-order valence-corrected chi connectivity index (χ2v) is 5.30. The third kappa shape index (κ3) is 1.86. The number of aliphatic imine (C=N–C) groups is 1. The summed E-state index contributed by atoms with van der Waals surface area (Å²) < 4.78 is 1.99. The zero-order valence-corrected chi connectivity index (χ0v) is 11.9. The highest BCUT2D eigenvalue weighted by atomic mass is 127. The van der Waals surface area contributed by atoms with Crippen molar-refractivity contribution in [2.75, 3.05) is 6.26 Å². The van der Waals surface area contributed by atoms with E-state index >= 15 is 0 Å². The molecule has 2 aliphatic heterocycles. The van der Waals surface area contributed by atoms with Gasteiger partial charge in [-0.05, 0) is 56.9 Å². The average Bonchev–Trinajstić information content (AvgIpc) is 2.18. The van der Waals surface area contributed by atoms with E-state index in [1.54, 1.807) is 11.8 Å². The molecule has 0 saturated heterocycles. The van der Waals surface area contributed by atoms with Gasteiger partial charge >= 0.3 is 0 Å². The van der Waals surface area contributed by atoms with Crippen LogP contribution in [0.15, 0.2) is 43.1 Å². The Kier molecular flexibility index (Phi) is 3.21. The van der Waals surface area contributed by atoms with Crippen LogP contribution in [0.1, 0.15) is 0 Å². The number of hydrogen-bond donors (Lipinski definition) is 0. The van der Waals surface area contributed by atoms with Crippen molar-refractivity contribution in [1.82, 2.24) is 4.90 Å². The Hall–Kier alpha value is 0.0300. The number of halogens is 2. The van der Waals surface area contributed by atoms with E-state index in [1.807, 2.05) is 24.6 Å². The summed E-state index contributed by atoms with van der Waals surface area (Å²) in [6.07, 6.45) is 7.91. The van der Waals surface area contributed by atoms with Crippen LogP contribution in [0.3, 0.4) is 0 Å². The molecule has 0 aromatic carbocycles. The van der Waals surface area contributed by atoms with Crippen molar-refractivity contribution in [3.63, 3.8) is 0 Å². The summed E-state index contributed by atoms with van der Waals surface area (Å²) in [5, 5.41) is 0.984. The lowest BCUT2D eigenvalue weighted by Gasteiger charge is -2.26. The standard InChI is InChI=1S/C9H6BrIN2S/c1-14-9-6-3-2-4-8(11)13(6)5-7(10)12-9/h2,4-5H,1H3. The second kappa shape index (κ2) is 4.26. The number of thioether (sulfide) groups is 1. The second-order valence-electron chi connectivity index (χ2n) is 2.59. The third-order valence-corrected chi connectivity index (χ3v) is 3.68. The summed E-state index contributed by atoms with van der Waals surface area (Å²) in [4.78, 5) is 6.46. The van der Waals surface area contributed by atoms with Crippen LogP contribution >= 0.6 is 50.3 Å². The Balaban J connectivity index is 2.51. The van der Waals surface area contributed by atoms with Gasteiger partial charge in [-0.3, -0.25) is 0 Å². The van der Waals surface area contributed by atoms with Crippen LogP contribution in [-0.2, 0) is 0 Å². The summed E-state index contributed by atoms with van der Waals surface area (Å²) >= 11 is 7.31. The fourth-order valence-electron chi connectivity index (χ4n) is 1.16. The van der Waals surface area contributed by atoms with Gasteiger partial charge in [-0.25, -0.2) is 4.99 Å². The highest BCUT2D eigenvalue weighted by molar-refractivity contribution is 14.1. The van der Waals surface area contributed by atoms with Gasteiger partial charge in [0.2, 0.25) is 0 Å². The van der Waals surface area contributed by atoms with Gasteiger partial charge in [0.1, 0.15) is 15.3 Å². The topological polar surface area (TPSA) is 15.6 Å². The van der Waals surface area contributed by atoms with E-state index in [1.165, 1.54) is 0 Å². The normalized spacial score (nSPS) is 19.5. The number of rotatable bonds is 0. The maximum Gasteiger partial charge on any atom is 0.129 e. The van der Waals surface area contributed by atoms with E-state index in [0.29, 0.717) is 0 Å². The molecule has 0 aliphatic carbocycles. The van der Waals surface area contributed by atoms with E-state index in [9.17, 15) is 0 Å². The Morgan fingerprint density at radius 1 is 1.64 bits per heavy atom. The van der Waals surface area contributed by atoms with Gasteiger partial charge < -0.3 is 4.90 Å². The molecule has 2 aliphatic rings. The minimum absolute atomic E-state index is 0.844. The van der Waals surface area contributed by atoms with Crippen molar-refractivity contribution in [3.8, 4) is 0 Å². The van der Waals surface area contributed by atoms with Crippen LogP contribution in [0.2, 0.25) is 0 Å². The summed E-state index contributed by atoms with van der Waals surface area (Å²) in [5.41, 5.74) is 4.21. The van der Waals surface area contributed by atoms with Gasteiger partial charge in [-0.1, -0.05) is 5.73 Å². The first-order chi connectivity index (χ1) is 6.72. The fourth-order valence-corrected chi connectivity index (χ4v) is 2.76. The van der Waals surface area contributed by atoms with E-state index in [4.69, 9.17) is 0 Å². The van der Waals surface area contributed by atoms with Gasteiger partial charge in [-0.15, -0.1) is 11.8 Å². The summed E-state index contributed by atoms with van der Waals surface area (Å²) in [7, 11) is 0. The molecule has 0 fully saturated rings. The first kappa shape index (κ1) is 10.5. The van der Waals surface area contributed by atoms with Crippen LogP contribution < -0.4 is 0 Å². The molecule has 5 heteroatoms. The van der Waals surface area contributed by atoms with Crippen LogP contribution in [-0.4, -0.2) is 16.2 Å². The molecular formula is C9H6BrIN2S. The van der Waals surface area contributed by atoms with Gasteiger partial charge in [0.25, 0.3) is 0 Å². The van der Waals surface area contributed by atoms with Gasteiger partial charge in [0, 0.05) is 6.20 Å². The molecule has 14 heavy (non-hydrogen) atoms. The molecule has 72 valence electrons. The van der Waals surface area contributed by atoms with Crippen molar-refractivity contribution in [1.29, 1.82) is 0 Å². The Morgan fingerprint density at radius 3 is 3.14 bits per heavy atom. The van der Waals surface area contributed by atoms with Crippen molar-refractivity contribution in [3.05, 3.63) is 38.1 Å². The van der Waals surface area contributed by atoms with Gasteiger partial charge in [0.15, 0.2) is 0 Å². The number of fused-ring (bicyclic) bond motifs is 1. The van der Waals surface area contributed by atoms with E-state index < -0.39 is 0 Å². The molecular weight excluding hydrogens is 375 g/mol. The molecule has 0 aromatic heterocycles. The van der Waals surface area contributed by atoms with Crippen LogP contribution in [0, 0.1) is 0 Å². The molecule has 0 bridgehead atoms. The molecule has 2 heterocycles. The Bertz CT molecular complexity index is 430. The summed E-state index contributed by atoms with van der Waals surface area (Å²) in [5.74, 6) is 0. The molecule has 0 radical (unpaired) electrons. The first-order valence-corrected chi connectivity index (χ1v) is 6.94. The predicted molar refractivity (Wildman–Crippen MR) is 73.5 cm³/mol. The third-order valence-electron chi connectivity index (χ3n) is 1.75. The quantitative estimate of drug-likeness (QED) is 0.362. The molecule has 0 saturated carbocycles. The smallest absolute Gasteiger partial charge is 0.129 e. The predicted octanol–water partition coefficient (Wildman–Crippen LogP) is 3.59. The van der Waals surface area contributed by atoms with Crippen LogP contribution in [0.4, 0.5) is 0 Å². The number of nitrogens with zero attached hydrogens (tertiary/aromatic N) is 2. The van der Waals surface area contributed by atoms with E-state index in [2.05, 4.69) is 54.1 Å². The average molecular weight is 381 g/mol. The lowest BCUT2D eigenvalue weighted by molar-refractivity contribution is 0.645. The van der Waals surface area contributed by atoms with Gasteiger partial charge in [-0.2, -0.15) is 0 Å². The highest BCUT2D eigenvalue weighted by Gasteiger charge is 2.21. The Morgan fingerprint density at radius 2 is 2.43 bits per heavy atom. The Labute approximate surface area is 109 Å². The molecule has 0 amide bonds. The van der Waals surface area contributed by atoms with Crippen molar-refractivity contribution in [2.45, 2.75) is 0 Å². The SMILES string of the molecule is CSC1=NC(Br)=CN2C1=C=CC=C2I. The van der Waals surface area contributed by atoms with Gasteiger partial charge in [0.05, 0.1) is 3.70 Å². The van der Waals surface area contributed by atoms with Crippen molar-refractivity contribution >= 4 is 55.3 Å². The lowest BCUT2D eigenvalue weighted by atomic mass is 10.3. The minimum atomic E-state index is 0.844. The summed E-state index contributed by atoms with van der Waals surface area (Å²) in [6, 6.07) is 0. The monoisotopic (exact) mass is 380 g/mol. The number of allylic oxidation sites excluding steroid dienone is 1. The van der Waals surface area contributed by atoms with Crippen LogP contribution in [0.25, 0.3) is 0 Å². The van der Waals surface area contributed by atoms with E-state index in [-0.39, 0.29) is 0 Å². The minimum Gasteiger partial charge on any atom is -0.300 e. The lowest BCUT2D eigenvalue weighted by Crippen LogP contribution is -2.22. The fraction of sp³-hybridized carbons (Fsp3) is 0.111. The zero-order valence-electron chi connectivity index (χ0n) is 7.29. The molecule has 0 unspecified atom stereocenters. The molecule has 2 nitrogen and oxygen atoms in total. The molecule has 0 atom stereocenters. The maximum absolute atomic E-state index is 4.39. The van der Waals surface area contributed by atoms with Crippen molar-refractivity contribution < 1.29 is 0 Å². The van der Waals surface area contributed by atoms with E-state index in [0.717, 1.165) is 19.1 Å². The molecule has 2 rings (SSSR count). The maximum atomic E-state index is 4.39. The van der Waals surface area contributed by atoms with Crippen LogP contribution in [0.5, 0.6) is 0 Å². The molecule has 0 aromatic rings. The number of hydrogen-bond acceptors (Lipinski definition) is 3. The summed E-state index contributed by atoms with van der Waals surface area (Å²) in [6.45, 7) is 0. The highest BCUT2D eigenvalue weighted by Crippen LogP contribution is 2.32. The first-order valence-electron chi connectivity index (χ1n) is 3.84. The molecule has 0 spiro atoms. The largest absolute Gasteiger partial charge is 0.300 e. The van der Waals surface area contributed by atoms with Crippen molar-refractivity contribution in [2.24, 2.45) is 4.99 Å². The zero-order chi connectivity index (χ0) is 10.1.